The normalized spacial score (nSPS) is 16.0. The van der Waals surface area contributed by atoms with Crippen LogP contribution in [-0.2, 0) is 0 Å². The van der Waals surface area contributed by atoms with Crippen LogP contribution in [0.1, 0.15) is 440 Å². The minimum absolute atomic E-state index is 0.0478. The molecule has 0 aromatic rings. The van der Waals surface area contributed by atoms with Crippen LogP contribution in [-0.4, -0.2) is 43.2 Å². The summed E-state index contributed by atoms with van der Waals surface area (Å²) in [5.74, 6) is -0.154. The molecule has 0 N–H and O–H groups in total. The molecule has 0 spiro atoms. The Bertz CT molecular complexity index is 2240. The summed E-state index contributed by atoms with van der Waals surface area (Å²) in [7, 11) is 0. The van der Waals surface area contributed by atoms with Crippen molar-refractivity contribution in [2.45, 2.75) is 484 Å². The Hall–Kier alpha value is -1.47. The van der Waals surface area contributed by atoms with Crippen LogP contribution < -0.4 is 0 Å². The summed E-state index contributed by atoms with van der Waals surface area (Å²) in [6, 6.07) is 0. The molecule has 0 saturated heterocycles. The fourth-order valence-electron chi connectivity index (χ4n) is 15.6. The van der Waals surface area contributed by atoms with Crippen LogP contribution in [0.15, 0.2) is 0 Å². The SMILES string of the molecule is CC(C)C(C(C)C)C(C)(C)C(F)(F)F.CCC(C)(CC)C(C)(C)C.CCC(C)(CC)C(F)(F)F.CCC(C)(CC)[C@](C)(CC)C(F)(F)F.CCC(CC)C(C)(C)C.CCC(CC)[C@](C)(CC)C(F)(F)F.CCCC(C)(C)C.CCC[C@](C)(CC)C(F)(F)F.CC[C@@](C)(C(C(C)C)C(C)C)C(F)(F)F.CC[C@@](C)(C(C)C)C(F)(F)F. The maximum absolute atomic E-state index is 13.1. The van der Waals surface area contributed by atoms with Crippen LogP contribution in [0, 0.1) is 118 Å². The van der Waals surface area contributed by atoms with E-state index in [0.29, 0.717) is 53.8 Å². The Morgan fingerprint density at radius 2 is 0.474 bits per heavy atom. The summed E-state index contributed by atoms with van der Waals surface area (Å²) in [6.45, 7) is 85.2. The Morgan fingerprint density at radius 1 is 0.219 bits per heavy atom. The van der Waals surface area contributed by atoms with Crippen molar-refractivity contribution in [3.8, 4) is 0 Å². The van der Waals surface area contributed by atoms with Gasteiger partial charge in [-0.3, -0.25) is 0 Å². The molecule has 0 aliphatic heterocycles. The summed E-state index contributed by atoms with van der Waals surface area (Å²) >= 11 is 0. The van der Waals surface area contributed by atoms with Gasteiger partial charge in [0.2, 0.25) is 0 Å². The van der Waals surface area contributed by atoms with Gasteiger partial charge in [0.15, 0.2) is 0 Å². The molecule has 0 saturated carbocycles. The topological polar surface area (TPSA) is 0 Å². The Labute approximate surface area is 691 Å². The van der Waals surface area contributed by atoms with E-state index in [1.807, 2.05) is 83.1 Å². The van der Waals surface area contributed by atoms with E-state index >= 15 is 0 Å². The van der Waals surface area contributed by atoms with Crippen LogP contribution >= 0.6 is 0 Å². The number of rotatable bonds is 27. The van der Waals surface area contributed by atoms with Gasteiger partial charge in [-0.25, -0.2) is 0 Å². The van der Waals surface area contributed by atoms with Gasteiger partial charge in [-0.05, 0) is 151 Å². The van der Waals surface area contributed by atoms with Gasteiger partial charge in [0, 0.05) is 0 Å². The van der Waals surface area contributed by atoms with Crippen molar-refractivity contribution in [1.29, 1.82) is 0 Å². The fraction of sp³-hybridized carbons (Fsp3) is 1.00. The van der Waals surface area contributed by atoms with Crippen LogP contribution in [0.5, 0.6) is 0 Å². The lowest BCUT2D eigenvalue weighted by Crippen LogP contribution is -2.47. The minimum Gasteiger partial charge on any atom is -0.171 e. The van der Waals surface area contributed by atoms with Gasteiger partial charge >= 0.3 is 43.2 Å². The second-order valence-electron chi connectivity index (χ2n) is 39.8. The quantitative estimate of drug-likeness (QED) is 0.0719. The lowest BCUT2D eigenvalue weighted by molar-refractivity contribution is -0.259. The highest BCUT2D eigenvalue weighted by molar-refractivity contribution is 4.96. The Kier molecular flexibility index (Phi) is 63.3. The van der Waals surface area contributed by atoms with Crippen LogP contribution in [0.25, 0.3) is 0 Å². The van der Waals surface area contributed by atoms with Gasteiger partial charge in [-0.2, -0.15) is 92.2 Å². The Balaban J connectivity index is -0.000000133. The zero-order valence-corrected chi connectivity index (χ0v) is 82.1. The summed E-state index contributed by atoms with van der Waals surface area (Å²) in [5.41, 5.74) is -9.31. The lowest BCUT2D eigenvalue weighted by Gasteiger charge is -2.46. The molecule has 0 heterocycles. The molecule has 0 amide bonds. The van der Waals surface area contributed by atoms with E-state index in [1.54, 1.807) is 76.2 Å². The van der Waals surface area contributed by atoms with Crippen molar-refractivity contribution in [3.05, 3.63) is 0 Å². The molecular formula is C93H185F21. The third kappa shape index (κ3) is 43.5. The molecule has 0 radical (unpaired) electrons. The van der Waals surface area contributed by atoms with E-state index in [4.69, 9.17) is 0 Å². The standard InChI is InChI=1S/C12H23F3.2C11H21F3.C10H19F3.C10H22.C9H20.2C8H15F3.C7H13F3.C7H16/c1-7-11(6,12(13,14)15)10(8(2)3)9(4)5;1-7(2)9(8(3)4)10(5,6)11(12,13)14;1-6-9(4,7-2)10(5,8-3)11(12,13)14;1-5-8(6-2)9(4,7-3)10(11,12)13;1-7-10(6,8-2)9(3,4)5;1-6-8(7-2)9(3,4)5;1-5-7(4,6(2)3)8(9,10)11;1-4-6-7(3,5-2)8(9,10)11;1-4-6(3,5-2)7(8,9)10;1-5-6-7(2,3)4/h8-10H,7H2,1-6H3;7-9H,1-6H3;6-8H2,1-5H3;8H,5-7H2,1-4H3;7-8H2,1-6H3;8H,6-7H2,1-5H3;6H,5H2,1-4H3;4-6H2,1-3H3;4-5H2,1-3H3;5-6H2,1-4H3/t11-;;10-;9-;;;2*7-;;/m0.00..00../s1. The molecule has 5 atom stereocenters. The number of halogens is 21. The summed E-state index contributed by atoms with van der Waals surface area (Å²) in [5, 5.41) is 0. The van der Waals surface area contributed by atoms with Crippen LogP contribution in [0.4, 0.5) is 92.2 Å². The first-order valence-corrected chi connectivity index (χ1v) is 43.5. The van der Waals surface area contributed by atoms with Crippen LogP contribution in [0.3, 0.4) is 0 Å². The van der Waals surface area contributed by atoms with E-state index in [0.717, 1.165) is 5.92 Å². The van der Waals surface area contributed by atoms with E-state index in [9.17, 15) is 92.2 Å². The first-order valence-electron chi connectivity index (χ1n) is 43.5. The molecular weight excluding hydrogens is 1520 g/mol. The third-order valence-electron chi connectivity index (χ3n) is 27.8. The average Bonchev–Trinajstić information content (AvgIpc) is 0.765. The van der Waals surface area contributed by atoms with Crippen molar-refractivity contribution in [2.75, 3.05) is 0 Å². The second-order valence-corrected chi connectivity index (χ2v) is 39.8. The molecule has 0 nitrogen and oxygen atoms in total. The molecule has 0 aliphatic carbocycles. The highest BCUT2D eigenvalue weighted by Crippen LogP contribution is 2.58. The van der Waals surface area contributed by atoms with Crippen LogP contribution in [0.2, 0.25) is 0 Å². The molecule has 0 aromatic heterocycles. The predicted octanol–water partition coefficient (Wildman–Crippen LogP) is 39.5. The zero-order valence-electron chi connectivity index (χ0n) is 82.1. The van der Waals surface area contributed by atoms with Gasteiger partial charge in [-0.1, -0.05) is 370 Å². The highest BCUT2D eigenvalue weighted by atomic mass is 19.4. The zero-order chi connectivity index (χ0) is 95.1. The maximum Gasteiger partial charge on any atom is 0.394 e. The summed E-state index contributed by atoms with van der Waals surface area (Å²) in [6.07, 6.45) is -16.5. The molecule has 0 bridgehead atoms. The summed E-state index contributed by atoms with van der Waals surface area (Å²) < 4.78 is 265. The molecule has 0 fully saturated rings. The highest BCUT2D eigenvalue weighted by Gasteiger charge is 2.60. The van der Waals surface area contributed by atoms with Crippen molar-refractivity contribution >= 4 is 0 Å². The predicted molar refractivity (Wildman–Crippen MR) is 452 cm³/mol. The average molecular weight is 1700 g/mol. The van der Waals surface area contributed by atoms with Gasteiger partial charge in [0.1, 0.15) is 0 Å². The van der Waals surface area contributed by atoms with E-state index < -0.39 is 86.6 Å². The smallest absolute Gasteiger partial charge is 0.171 e. The largest absolute Gasteiger partial charge is 0.394 e. The van der Waals surface area contributed by atoms with E-state index in [-0.39, 0.29) is 98.7 Å². The van der Waals surface area contributed by atoms with Crippen molar-refractivity contribution < 1.29 is 92.2 Å². The number of hydrogen-bond donors (Lipinski definition) is 0. The third-order valence-corrected chi connectivity index (χ3v) is 27.8. The summed E-state index contributed by atoms with van der Waals surface area (Å²) in [4.78, 5) is 0. The molecule has 114 heavy (non-hydrogen) atoms. The fourth-order valence-corrected chi connectivity index (χ4v) is 15.6. The van der Waals surface area contributed by atoms with Crippen molar-refractivity contribution in [1.82, 2.24) is 0 Å². The molecule has 0 unspecified atom stereocenters. The van der Waals surface area contributed by atoms with E-state index in [1.165, 1.54) is 93.9 Å². The van der Waals surface area contributed by atoms with Gasteiger partial charge < -0.3 is 0 Å². The monoisotopic (exact) mass is 1700 g/mol. The van der Waals surface area contributed by atoms with Crippen molar-refractivity contribution in [2.24, 2.45) is 118 Å². The minimum atomic E-state index is -4.12. The second kappa shape index (κ2) is 54.2. The van der Waals surface area contributed by atoms with Gasteiger partial charge in [0.25, 0.3) is 0 Å². The number of alkyl halides is 21. The Morgan fingerprint density at radius 3 is 0.518 bits per heavy atom. The lowest BCUT2D eigenvalue weighted by atomic mass is 9.60. The van der Waals surface area contributed by atoms with Gasteiger partial charge in [-0.15, -0.1) is 0 Å². The van der Waals surface area contributed by atoms with Gasteiger partial charge in [0.05, 0.1) is 37.9 Å². The molecule has 704 valence electrons. The molecule has 0 aliphatic rings. The first-order chi connectivity index (χ1) is 50.1. The van der Waals surface area contributed by atoms with Crippen molar-refractivity contribution in [3.63, 3.8) is 0 Å². The molecule has 0 rings (SSSR count). The maximum atomic E-state index is 13.1. The first kappa shape index (κ1) is 133. The van der Waals surface area contributed by atoms with E-state index in [2.05, 4.69) is 104 Å². The number of hydrogen-bond acceptors (Lipinski definition) is 0. The molecule has 0 aromatic carbocycles. The molecule has 21 heteroatoms.